The third-order valence-corrected chi connectivity index (χ3v) is 2.18. The van der Waals surface area contributed by atoms with Crippen LogP contribution in [0.15, 0.2) is 24.8 Å². The molecule has 2 aromatic heterocycles. The summed E-state index contributed by atoms with van der Waals surface area (Å²) in [5.74, 6) is 0.779. The second-order valence-corrected chi connectivity index (χ2v) is 3.22. The highest BCUT2D eigenvalue weighted by Crippen LogP contribution is 2.06. The van der Waals surface area contributed by atoms with Crippen molar-refractivity contribution < 1.29 is 0 Å². The molecule has 15 heavy (non-hydrogen) atoms. The van der Waals surface area contributed by atoms with Gasteiger partial charge < -0.3 is 5.73 Å². The van der Waals surface area contributed by atoms with Gasteiger partial charge in [-0.1, -0.05) is 6.92 Å². The molecule has 0 saturated heterocycles. The van der Waals surface area contributed by atoms with Crippen LogP contribution in [-0.2, 0) is 13.0 Å². The quantitative estimate of drug-likeness (QED) is 0.796. The molecule has 0 unspecified atom stereocenters. The van der Waals surface area contributed by atoms with Crippen LogP contribution in [0.4, 0.5) is 0 Å². The molecule has 0 aliphatic rings. The van der Waals surface area contributed by atoms with E-state index in [1.54, 1.807) is 17.2 Å². The monoisotopic (exact) mass is 203 g/mol. The maximum Gasteiger partial charge on any atom is 0.156 e. The molecule has 0 aromatic carbocycles. The first-order valence-electron chi connectivity index (χ1n) is 4.88. The normalized spacial score (nSPS) is 10.5. The molecule has 78 valence electrons. The number of aromatic nitrogens is 4. The van der Waals surface area contributed by atoms with Crippen molar-refractivity contribution in [3.05, 3.63) is 36.0 Å². The summed E-state index contributed by atoms with van der Waals surface area (Å²) in [6, 6.07) is 1.92. The fourth-order valence-corrected chi connectivity index (χ4v) is 1.30. The summed E-state index contributed by atoms with van der Waals surface area (Å²) in [7, 11) is 0. The average Bonchev–Trinajstić information content (AvgIpc) is 2.78. The maximum atomic E-state index is 5.51. The first-order chi connectivity index (χ1) is 7.33. The summed E-state index contributed by atoms with van der Waals surface area (Å²) in [5, 5.41) is 4.18. The lowest BCUT2D eigenvalue weighted by Gasteiger charge is -2.01. The van der Waals surface area contributed by atoms with Crippen molar-refractivity contribution in [1.29, 1.82) is 0 Å². The zero-order chi connectivity index (χ0) is 10.7. The maximum absolute atomic E-state index is 5.51. The van der Waals surface area contributed by atoms with Gasteiger partial charge >= 0.3 is 0 Å². The van der Waals surface area contributed by atoms with Gasteiger partial charge in [0.2, 0.25) is 0 Å². The van der Waals surface area contributed by atoms with Crippen molar-refractivity contribution in [2.45, 2.75) is 19.9 Å². The molecule has 0 radical (unpaired) electrons. The molecule has 0 bridgehead atoms. The average molecular weight is 203 g/mol. The fraction of sp³-hybridized carbons (Fsp3) is 0.300. The summed E-state index contributed by atoms with van der Waals surface area (Å²) in [6.07, 6.45) is 6.06. The van der Waals surface area contributed by atoms with Crippen LogP contribution in [0.3, 0.4) is 0 Å². The van der Waals surface area contributed by atoms with Crippen molar-refractivity contribution in [3.63, 3.8) is 0 Å². The van der Waals surface area contributed by atoms with Crippen molar-refractivity contribution in [2.24, 2.45) is 5.73 Å². The number of hydrogen-bond donors (Lipinski definition) is 1. The highest BCUT2D eigenvalue weighted by atomic mass is 15.3. The molecule has 5 heteroatoms. The molecule has 0 saturated carbocycles. The van der Waals surface area contributed by atoms with E-state index in [2.05, 4.69) is 22.0 Å². The molecule has 0 atom stereocenters. The molecule has 2 aromatic rings. The molecule has 2 heterocycles. The van der Waals surface area contributed by atoms with Crippen molar-refractivity contribution >= 4 is 0 Å². The van der Waals surface area contributed by atoms with E-state index in [0.29, 0.717) is 6.54 Å². The van der Waals surface area contributed by atoms with E-state index < -0.39 is 0 Å². The topological polar surface area (TPSA) is 69.6 Å². The first-order valence-corrected chi connectivity index (χ1v) is 4.88. The van der Waals surface area contributed by atoms with Crippen LogP contribution in [0.1, 0.15) is 18.2 Å². The van der Waals surface area contributed by atoms with Gasteiger partial charge in [0.25, 0.3) is 0 Å². The lowest BCUT2D eigenvalue weighted by atomic mass is 10.3. The molecule has 0 spiro atoms. The fourth-order valence-electron chi connectivity index (χ4n) is 1.30. The van der Waals surface area contributed by atoms with Gasteiger partial charge in [-0.05, 0) is 6.42 Å². The van der Waals surface area contributed by atoms with E-state index in [1.165, 1.54) is 0 Å². The van der Waals surface area contributed by atoms with Gasteiger partial charge in [-0.25, -0.2) is 14.6 Å². The molecule has 0 aliphatic heterocycles. The Morgan fingerprint density at radius 1 is 1.40 bits per heavy atom. The Morgan fingerprint density at radius 3 is 2.93 bits per heavy atom. The molecule has 0 amide bonds. The predicted molar refractivity (Wildman–Crippen MR) is 56.4 cm³/mol. The van der Waals surface area contributed by atoms with Gasteiger partial charge in [-0.15, -0.1) is 0 Å². The minimum atomic E-state index is 0.492. The van der Waals surface area contributed by atoms with Crippen molar-refractivity contribution in [2.75, 3.05) is 0 Å². The van der Waals surface area contributed by atoms with E-state index in [9.17, 15) is 0 Å². The lowest BCUT2D eigenvalue weighted by molar-refractivity contribution is 0.828. The number of aryl methyl sites for hydroxylation is 1. The number of nitrogens with two attached hydrogens (primary N) is 1. The van der Waals surface area contributed by atoms with Crippen LogP contribution in [0, 0.1) is 0 Å². The van der Waals surface area contributed by atoms with E-state index in [4.69, 9.17) is 5.73 Å². The van der Waals surface area contributed by atoms with Crippen LogP contribution in [0.25, 0.3) is 5.82 Å². The minimum Gasteiger partial charge on any atom is -0.326 e. The van der Waals surface area contributed by atoms with Gasteiger partial charge in [0.15, 0.2) is 5.82 Å². The summed E-state index contributed by atoms with van der Waals surface area (Å²) < 4.78 is 1.71. The predicted octanol–water partition coefficient (Wildman–Crippen LogP) is 0.683. The SMILES string of the molecule is CCc1cc(-n2cc(CN)cn2)ncn1. The Morgan fingerprint density at radius 2 is 2.27 bits per heavy atom. The summed E-state index contributed by atoms with van der Waals surface area (Å²) >= 11 is 0. The smallest absolute Gasteiger partial charge is 0.156 e. The first kappa shape index (κ1) is 9.79. The standard InChI is InChI=1S/C10H13N5/c1-2-9-3-10(13-7-12-9)15-6-8(4-11)5-14-15/h3,5-7H,2,4,11H2,1H3. The van der Waals surface area contributed by atoms with Gasteiger partial charge in [-0.2, -0.15) is 5.10 Å². The Bertz CT molecular complexity index is 449. The number of hydrogen-bond acceptors (Lipinski definition) is 4. The van der Waals surface area contributed by atoms with Gasteiger partial charge in [-0.3, -0.25) is 0 Å². The lowest BCUT2D eigenvalue weighted by Crippen LogP contribution is -2.00. The third kappa shape index (κ3) is 2.02. The second-order valence-electron chi connectivity index (χ2n) is 3.22. The van der Waals surface area contributed by atoms with Gasteiger partial charge in [0, 0.05) is 30.1 Å². The molecule has 2 rings (SSSR count). The Labute approximate surface area is 88.0 Å². The highest BCUT2D eigenvalue weighted by Gasteiger charge is 2.02. The van der Waals surface area contributed by atoms with Gasteiger partial charge in [0.05, 0.1) is 6.20 Å². The van der Waals surface area contributed by atoms with Crippen LogP contribution < -0.4 is 5.73 Å². The number of nitrogens with zero attached hydrogens (tertiary/aromatic N) is 4. The second kappa shape index (κ2) is 4.18. The molecule has 0 aliphatic carbocycles. The Kier molecular flexibility index (Phi) is 2.73. The van der Waals surface area contributed by atoms with E-state index >= 15 is 0 Å². The summed E-state index contributed by atoms with van der Waals surface area (Å²) in [4.78, 5) is 8.29. The zero-order valence-corrected chi connectivity index (χ0v) is 8.59. The van der Waals surface area contributed by atoms with E-state index in [1.807, 2.05) is 12.3 Å². The van der Waals surface area contributed by atoms with E-state index in [-0.39, 0.29) is 0 Å². The largest absolute Gasteiger partial charge is 0.326 e. The highest BCUT2D eigenvalue weighted by molar-refractivity contribution is 5.23. The van der Waals surface area contributed by atoms with Crippen LogP contribution in [0.5, 0.6) is 0 Å². The zero-order valence-electron chi connectivity index (χ0n) is 8.59. The van der Waals surface area contributed by atoms with Crippen molar-refractivity contribution in [3.8, 4) is 5.82 Å². The third-order valence-electron chi connectivity index (χ3n) is 2.18. The Balaban J connectivity index is 2.35. The molecule has 2 N–H and O–H groups in total. The van der Waals surface area contributed by atoms with Crippen molar-refractivity contribution in [1.82, 2.24) is 19.7 Å². The minimum absolute atomic E-state index is 0.492. The summed E-state index contributed by atoms with van der Waals surface area (Å²) in [6.45, 7) is 2.55. The molecular weight excluding hydrogens is 190 g/mol. The molecule has 5 nitrogen and oxygen atoms in total. The van der Waals surface area contributed by atoms with Crippen LogP contribution in [-0.4, -0.2) is 19.7 Å². The van der Waals surface area contributed by atoms with Crippen LogP contribution in [0.2, 0.25) is 0 Å². The van der Waals surface area contributed by atoms with E-state index in [0.717, 1.165) is 23.5 Å². The van der Waals surface area contributed by atoms with Crippen LogP contribution >= 0.6 is 0 Å². The van der Waals surface area contributed by atoms with Gasteiger partial charge in [0.1, 0.15) is 6.33 Å². The summed E-state index contributed by atoms with van der Waals surface area (Å²) in [5.41, 5.74) is 7.51. The molecular formula is C10H13N5. The Hall–Kier alpha value is -1.75. The molecule has 0 fully saturated rings. The number of rotatable bonds is 3.